The standard InChI is InChI=1S/C25H40F2O3.C2H6/c1-7-9-10-11-22-15-14-21(17-30-22)16-29-19(4)13-12-18(3)23(8-2)25(27)24(26)20(5)28-6;1-2/h12-13,21-22H,7-11,14-17H2,1-6H3;1-2H3/b18-12+,19-13+,24-20-,25-23-;. The Bertz CT molecular complexity index is 639. The van der Waals surface area contributed by atoms with Crippen LogP contribution >= 0.6 is 0 Å². The lowest BCUT2D eigenvalue weighted by Gasteiger charge is -2.29. The Balaban J connectivity index is 0.00000466. The first kappa shape index (κ1) is 30.4. The van der Waals surface area contributed by atoms with Gasteiger partial charge in [-0.25, -0.2) is 8.78 Å². The number of rotatable bonds is 12. The predicted molar refractivity (Wildman–Crippen MR) is 131 cm³/mol. The van der Waals surface area contributed by atoms with E-state index in [0.29, 0.717) is 36.2 Å². The highest BCUT2D eigenvalue weighted by Crippen LogP contribution is 2.28. The van der Waals surface area contributed by atoms with Crippen molar-refractivity contribution in [2.45, 2.75) is 99.5 Å². The van der Waals surface area contributed by atoms with Crippen LogP contribution in [0.1, 0.15) is 93.4 Å². The number of hydrogen-bond acceptors (Lipinski definition) is 3. The van der Waals surface area contributed by atoms with Gasteiger partial charge < -0.3 is 14.2 Å². The van der Waals surface area contributed by atoms with E-state index in [0.717, 1.165) is 31.6 Å². The summed E-state index contributed by atoms with van der Waals surface area (Å²) in [5.41, 5.74) is 0.982. The van der Waals surface area contributed by atoms with E-state index in [-0.39, 0.29) is 5.76 Å². The lowest BCUT2D eigenvalue weighted by Crippen LogP contribution is -2.28. The molecule has 5 heteroatoms. The van der Waals surface area contributed by atoms with Crippen LogP contribution in [0, 0.1) is 5.92 Å². The first-order valence-corrected chi connectivity index (χ1v) is 12.2. The second kappa shape index (κ2) is 17.9. The van der Waals surface area contributed by atoms with Gasteiger partial charge in [0.25, 0.3) is 0 Å². The molecule has 0 amide bonds. The maximum Gasteiger partial charge on any atom is 0.196 e. The number of allylic oxidation sites excluding steroid dienone is 8. The third kappa shape index (κ3) is 11.3. The van der Waals surface area contributed by atoms with Crippen LogP contribution in [0.5, 0.6) is 0 Å². The maximum absolute atomic E-state index is 14.5. The summed E-state index contributed by atoms with van der Waals surface area (Å²) >= 11 is 0. The first-order chi connectivity index (χ1) is 15.3. The Morgan fingerprint density at radius 1 is 1.00 bits per heavy atom. The SMILES string of the molecule is CC.CCCCCC1CCC(CO/C(C)=C/C=C(C)/C(CC)=C(F)/C(F)=C(\C)OC)CO1. The van der Waals surface area contributed by atoms with Gasteiger partial charge in [-0.05, 0) is 63.7 Å². The molecular weight excluding hydrogens is 410 g/mol. The van der Waals surface area contributed by atoms with Crippen LogP contribution in [0.4, 0.5) is 8.78 Å². The molecule has 0 spiro atoms. The third-order valence-electron chi connectivity index (χ3n) is 5.61. The average molecular weight is 457 g/mol. The molecule has 0 aromatic heterocycles. The molecule has 32 heavy (non-hydrogen) atoms. The molecule has 1 fully saturated rings. The van der Waals surface area contributed by atoms with Crippen molar-refractivity contribution in [1.82, 2.24) is 0 Å². The van der Waals surface area contributed by atoms with Crippen LogP contribution < -0.4 is 0 Å². The van der Waals surface area contributed by atoms with Crippen LogP contribution in [0.25, 0.3) is 0 Å². The van der Waals surface area contributed by atoms with E-state index in [1.807, 2.05) is 20.8 Å². The fourth-order valence-electron chi connectivity index (χ4n) is 3.47. The molecule has 1 aliphatic rings. The van der Waals surface area contributed by atoms with E-state index in [1.165, 1.54) is 33.3 Å². The Morgan fingerprint density at radius 3 is 2.22 bits per heavy atom. The summed E-state index contributed by atoms with van der Waals surface area (Å²) in [7, 11) is 1.32. The van der Waals surface area contributed by atoms with Crippen LogP contribution in [0.3, 0.4) is 0 Å². The highest BCUT2D eigenvalue weighted by atomic mass is 19.2. The van der Waals surface area contributed by atoms with Crippen LogP contribution in [0.15, 0.2) is 46.5 Å². The molecule has 0 saturated carbocycles. The van der Waals surface area contributed by atoms with Crippen molar-refractivity contribution in [3.05, 3.63) is 46.5 Å². The summed E-state index contributed by atoms with van der Waals surface area (Å²) in [5, 5.41) is 0. The molecule has 0 N–H and O–H groups in total. The molecule has 0 aliphatic carbocycles. The fourth-order valence-corrected chi connectivity index (χ4v) is 3.47. The van der Waals surface area contributed by atoms with E-state index in [9.17, 15) is 8.78 Å². The molecule has 0 aromatic rings. The van der Waals surface area contributed by atoms with Crippen molar-refractivity contribution in [3.8, 4) is 0 Å². The summed E-state index contributed by atoms with van der Waals surface area (Å²) in [6, 6.07) is 0. The molecule has 186 valence electrons. The van der Waals surface area contributed by atoms with Gasteiger partial charge in [0.05, 0.1) is 32.2 Å². The monoisotopic (exact) mass is 456 g/mol. The summed E-state index contributed by atoms with van der Waals surface area (Å²) in [5.74, 6) is -0.738. The van der Waals surface area contributed by atoms with E-state index in [4.69, 9.17) is 14.2 Å². The summed E-state index contributed by atoms with van der Waals surface area (Å²) < 4.78 is 45.2. The zero-order valence-electron chi connectivity index (χ0n) is 21.7. The van der Waals surface area contributed by atoms with E-state index >= 15 is 0 Å². The first-order valence-electron chi connectivity index (χ1n) is 12.2. The van der Waals surface area contributed by atoms with Crippen molar-refractivity contribution in [2.24, 2.45) is 5.92 Å². The second-order valence-electron chi connectivity index (χ2n) is 8.05. The molecule has 0 bridgehead atoms. The number of unbranched alkanes of at least 4 members (excludes halogenated alkanes) is 2. The maximum atomic E-state index is 14.5. The molecule has 1 saturated heterocycles. The number of ether oxygens (including phenoxy) is 3. The Hall–Kier alpha value is -1.62. The van der Waals surface area contributed by atoms with Gasteiger partial charge in [0, 0.05) is 5.92 Å². The van der Waals surface area contributed by atoms with Gasteiger partial charge >= 0.3 is 0 Å². The highest BCUT2D eigenvalue weighted by Gasteiger charge is 2.21. The van der Waals surface area contributed by atoms with Gasteiger partial charge in [0.15, 0.2) is 11.7 Å². The molecule has 2 atom stereocenters. The van der Waals surface area contributed by atoms with Gasteiger partial charge in [-0.2, -0.15) is 0 Å². The molecule has 1 aliphatic heterocycles. The lowest BCUT2D eigenvalue weighted by atomic mass is 9.96. The zero-order valence-corrected chi connectivity index (χ0v) is 21.7. The largest absolute Gasteiger partial charge is 0.498 e. The summed E-state index contributed by atoms with van der Waals surface area (Å²) in [6.07, 6.45) is 11.5. The minimum absolute atomic E-state index is 0.0661. The van der Waals surface area contributed by atoms with Crippen LogP contribution in [-0.4, -0.2) is 26.4 Å². The molecule has 0 radical (unpaired) electrons. The van der Waals surface area contributed by atoms with E-state index < -0.39 is 11.7 Å². The normalized spacial score (nSPS) is 21.2. The van der Waals surface area contributed by atoms with Gasteiger partial charge in [0.2, 0.25) is 0 Å². The van der Waals surface area contributed by atoms with Crippen molar-refractivity contribution >= 4 is 0 Å². The van der Waals surface area contributed by atoms with Crippen molar-refractivity contribution < 1.29 is 23.0 Å². The number of halogens is 2. The van der Waals surface area contributed by atoms with Crippen molar-refractivity contribution in [3.63, 3.8) is 0 Å². The molecule has 1 rings (SSSR count). The summed E-state index contributed by atoms with van der Waals surface area (Å²) in [4.78, 5) is 0. The lowest BCUT2D eigenvalue weighted by molar-refractivity contribution is -0.0379. The summed E-state index contributed by atoms with van der Waals surface area (Å²) in [6.45, 7) is 14.4. The smallest absolute Gasteiger partial charge is 0.196 e. The van der Waals surface area contributed by atoms with E-state index in [1.54, 1.807) is 26.0 Å². The van der Waals surface area contributed by atoms with Gasteiger partial charge in [-0.3, -0.25) is 0 Å². The highest BCUT2D eigenvalue weighted by molar-refractivity contribution is 5.40. The molecule has 1 heterocycles. The quantitative estimate of drug-likeness (QED) is 0.167. The molecule has 2 unspecified atom stereocenters. The topological polar surface area (TPSA) is 27.7 Å². The third-order valence-corrected chi connectivity index (χ3v) is 5.61. The van der Waals surface area contributed by atoms with Gasteiger partial charge in [0.1, 0.15) is 5.76 Å². The molecular formula is C27H46F2O3. The number of hydrogen-bond donors (Lipinski definition) is 0. The molecule has 0 aromatic carbocycles. The van der Waals surface area contributed by atoms with Crippen LogP contribution in [-0.2, 0) is 14.2 Å². The van der Waals surface area contributed by atoms with Crippen molar-refractivity contribution in [1.29, 1.82) is 0 Å². The minimum Gasteiger partial charge on any atom is -0.498 e. The van der Waals surface area contributed by atoms with Crippen LogP contribution in [0.2, 0.25) is 0 Å². The van der Waals surface area contributed by atoms with Gasteiger partial charge in [-0.15, -0.1) is 0 Å². The van der Waals surface area contributed by atoms with Crippen molar-refractivity contribution in [2.75, 3.05) is 20.3 Å². The Labute approximate surface area is 195 Å². The predicted octanol–water partition coefficient (Wildman–Crippen LogP) is 8.74. The van der Waals surface area contributed by atoms with Gasteiger partial charge in [-0.1, -0.05) is 53.0 Å². The zero-order chi connectivity index (χ0) is 24.5. The second-order valence-corrected chi connectivity index (χ2v) is 8.05. The minimum atomic E-state index is -0.954. The Morgan fingerprint density at radius 2 is 1.69 bits per heavy atom. The fraction of sp³-hybridized carbons (Fsp3) is 0.704. The molecule has 3 nitrogen and oxygen atoms in total. The van der Waals surface area contributed by atoms with E-state index in [2.05, 4.69) is 6.92 Å². The number of methoxy groups -OCH3 is 1. The Kier molecular flexibility index (Phi) is 17.0. The average Bonchev–Trinajstić information content (AvgIpc) is 2.82.